The van der Waals surface area contributed by atoms with E-state index in [1.165, 1.54) is 18.2 Å². The zero-order valence-electron chi connectivity index (χ0n) is 22.6. The number of carbonyl (C=O) groups is 3. The van der Waals surface area contributed by atoms with Crippen LogP contribution in [0, 0.1) is 5.21 Å². The largest absolute Gasteiger partial charge is 0.618 e. The summed E-state index contributed by atoms with van der Waals surface area (Å²) in [4.78, 5) is 39.7. The van der Waals surface area contributed by atoms with Crippen LogP contribution in [0.3, 0.4) is 0 Å². The van der Waals surface area contributed by atoms with Gasteiger partial charge in [-0.25, -0.2) is 14.4 Å². The molecule has 0 radical (unpaired) electrons. The molecule has 1 aromatic heterocycles. The molecule has 10 nitrogen and oxygen atoms in total. The standard InChI is InChI=1S/C27H33ClN2O8/c1-8-36-22(31)27(34)12-11-16-13-17(15-29(35)21(16)27)19-14-18(28)9-10-20(19)30(23(32)37-25(2,3)4)24(33)38-26(5,6)7/h9-10,13-15,34H,8,11-12H2,1-7H3. The Labute approximate surface area is 226 Å². The molecule has 206 valence electrons. The molecule has 1 aliphatic rings. The number of halogens is 1. The number of aryl methyl sites for hydroxylation is 1. The molecule has 1 aromatic carbocycles. The van der Waals surface area contributed by atoms with Gasteiger partial charge in [-0.15, -0.1) is 0 Å². The van der Waals surface area contributed by atoms with Crippen molar-refractivity contribution >= 4 is 35.4 Å². The van der Waals surface area contributed by atoms with Gasteiger partial charge in [0.2, 0.25) is 11.3 Å². The second-order valence-electron chi connectivity index (χ2n) is 11.0. The van der Waals surface area contributed by atoms with Crippen molar-refractivity contribution in [2.45, 2.75) is 78.1 Å². The Bertz CT molecular complexity index is 1240. The molecule has 2 amide bonds. The highest BCUT2D eigenvalue weighted by atomic mass is 35.5. The van der Waals surface area contributed by atoms with Crippen LogP contribution in [0.5, 0.6) is 0 Å². The molecule has 1 unspecified atom stereocenters. The van der Waals surface area contributed by atoms with Gasteiger partial charge >= 0.3 is 18.2 Å². The van der Waals surface area contributed by atoms with Crippen LogP contribution in [0.15, 0.2) is 30.5 Å². The van der Waals surface area contributed by atoms with Gasteiger partial charge in [0.25, 0.3) is 0 Å². The Morgan fingerprint density at radius 2 is 1.66 bits per heavy atom. The number of rotatable bonds is 4. The van der Waals surface area contributed by atoms with Crippen LogP contribution < -0.4 is 9.63 Å². The number of imide groups is 1. The zero-order valence-corrected chi connectivity index (χ0v) is 23.3. The van der Waals surface area contributed by atoms with Crippen molar-refractivity contribution in [1.82, 2.24) is 0 Å². The summed E-state index contributed by atoms with van der Waals surface area (Å²) >= 11 is 6.29. The van der Waals surface area contributed by atoms with Gasteiger partial charge in [-0.05, 0) is 79.2 Å². The number of aromatic nitrogens is 1. The van der Waals surface area contributed by atoms with E-state index in [4.69, 9.17) is 25.8 Å². The monoisotopic (exact) mass is 548 g/mol. The summed E-state index contributed by atoms with van der Waals surface area (Å²) in [6.07, 6.45) is -0.631. The molecule has 1 aliphatic carbocycles. The first-order valence-corrected chi connectivity index (χ1v) is 12.6. The van der Waals surface area contributed by atoms with Crippen molar-refractivity contribution in [2.75, 3.05) is 11.5 Å². The Morgan fingerprint density at radius 1 is 1.08 bits per heavy atom. The van der Waals surface area contributed by atoms with Gasteiger partial charge in [0.15, 0.2) is 6.20 Å². The van der Waals surface area contributed by atoms with Crippen molar-refractivity contribution in [3.63, 3.8) is 0 Å². The van der Waals surface area contributed by atoms with E-state index >= 15 is 0 Å². The summed E-state index contributed by atoms with van der Waals surface area (Å²) in [6.45, 7) is 11.6. The number of hydrogen-bond acceptors (Lipinski definition) is 8. The number of nitrogens with zero attached hydrogens (tertiary/aromatic N) is 2. The number of fused-ring (bicyclic) bond motifs is 1. The van der Waals surface area contributed by atoms with Crippen molar-refractivity contribution < 1.29 is 38.4 Å². The summed E-state index contributed by atoms with van der Waals surface area (Å²) < 4.78 is 16.4. The molecule has 0 saturated carbocycles. The van der Waals surface area contributed by atoms with E-state index < -0.39 is 35.0 Å². The van der Waals surface area contributed by atoms with Crippen LogP contribution in [0.4, 0.5) is 15.3 Å². The Kier molecular flexibility index (Phi) is 8.00. The van der Waals surface area contributed by atoms with Crippen LogP contribution in [-0.4, -0.2) is 41.1 Å². The van der Waals surface area contributed by atoms with E-state index in [0.717, 1.165) is 11.1 Å². The molecular weight excluding hydrogens is 516 g/mol. The maximum absolute atomic E-state index is 13.2. The second kappa shape index (κ2) is 10.4. The number of pyridine rings is 1. The number of amides is 2. The highest BCUT2D eigenvalue weighted by Crippen LogP contribution is 2.40. The third-order valence-corrected chi connectivity index (χ3v) is 5.77. The summed E-state index contributed by atoms with van der Waals surface area (Å²) in [7, 11) is 0. The van der Waals surface area contributed by atoms with Gasteiger partial charge in [-0.3, -0.25) is 0 Å². The van der Waals surface area contributed by atoms with Crippen LogP contribution in [0.2, 0.25) is 5.02 Å². The first-order chi connectivity index (χ1) is 17.5. The predicted octanol–water partition coefficient (Wildman–Crippen LogP) is 5.01. The average Bonchev–Trinajstić information content (AvgIpc) is 3.11. The molecule has 0 aliphatic heterocycles. The van der Waals surface area contributed by atoms with Crippen LogP contribution in [-0.2, 0) is 31.0 Å². The van der Waals surface area contributed by atoms with Crippen LogP contribution in [0.1, 0.15) is 66.1 Å². The fourth-order valence-electron chi connectivity index (χ4n) is 4.12. The molecule has 1 heterocycles. The lowest BCUT2D eigenvalue weighted by Gasteiger charge is -2.29. The number of hydrogen-bond donors (Lipinski definition) is 1. The van der Waals surface area contributed by atoms with Crippen molar-refractivity contribution in [3.05, 3.63) is 51.9 Å². The van der Waals surface area contributed by atoms with E-state index in [2.05, 4.69) is 0 Å². The number of carbonyl (C=O) groups excluding carboxylic acids is 3. The maximum Gasteiger partial charge on any atom is 0.424 e. The first kappa shape index (κ1) is 29.2. The fraction of sp³-hybridized carbons (Fsp3) is 0.481. The second-order valence-corrected chi connectivity index (χ2v) is 11.4. The topological polar surface area (TPSA) is 129 Å². The number of benzene rings is 1. The molecule has 0 saturated heterocycles. The summed E-state index contributed by atoms with van der Waals surface area (Å²) in [5.74, 6) is -0.902. The molecule has 11 heteroatoms. The minimum absolute atomic E-state index is 0.0306. The first-order valence-electron chi connectivity index (χ1n) is 12.2. The number of aliphatic hydroxyl groups is 1. The molecule has 1 N–H and O–H groups in total. The maximum atomic E-state index is 13.2. The van der Waals surface area contributed by atoms with Gasteiger partial charge in [0.05, 0.1) is 12.3 Å². The van der Waals surface area contributed by atoms with Crippen LogP contribution in [0.25, 0.3) is 11.1 Å². The van der Waals surface area contributed by atoms with Gasteiger partial charge in [0, 0.05) is 28.1 Å². The van der Waals surface area contributed by atoms with Gasteiger partial charge in [0.1, 0.15) is 11.2 Å². The van der Waals surface area contributed by atoms with Gasteiger partial charge < -0.3 is 24.5 Å². The molecule has 2 aromatic rings. The Morgan fingerprint density at radius 3 is 2.18 bits per heavy atom. The van der Waals surface area contributed by atoms with Gasteiger partial charge in [-0.2, -0.15) is 9.63 Å². The fourth-order valence-corrected chi connectivity index (χ4v) is 4.29. The summed E-state index contributed by atoms with van der Waals surface area (Å²) in [5, 5.41) is 24.4. The van der Waals surface area contributed by atoms with Crippen molar-refractivity contribution in [2.24, 2.45) is 0 Å². The minimum atomic E-state index is -2.08. The molecule has 0 spiro atoms. The molecular formula is C27H33ClN2O8. The average molecular weight is 549 g/mol. The highest BCUT2D eigenvalue weighted by molar-refractivity contribution is 6.31. The zero-order chi connectivity index (χ0) is 28.6. The molecule has 1 atom stereocenters. The third-order valence-electron chi connectivity index (χ3n) is 5.53. The molecule has 0 bridgehead atoms. The Hall–Kier alpha value is -3.37. The number of esters is 1. The van der Waals surface area contributed by atoms with E-state index in [-0.39, 0.29) is 41.4 Å². The minimum Gasteiger partial charge on any atom is -0.618 e. The SMILES string of the molecule is CCOC(=O)C1(O)CCc2cc(-c3cc(Cl)ccc3N(C(=O)OC(C)(C)C)C(=O)OC(C)(C)C)c[n+]([O-])c21. The van der Waals surface area contributed by atoms with E-state index in [9.17, 15) is 24.7 Å². The van der Waals surface area contributed by atoms with Crippen LogP contribution >= 0.6 is 11.6 Å². The lowest BCUT2D eigenvalue weighted by atomic mass is 9.99. The number of ether oxygens (including phenoxy) is 3. The lowest BCUT2D eigenvalue weighted by Crippen LogP contribution is -2.46. The van der Waals surface area contributed by atoms with Gasteiger partial charge in [-0.1, -0.05) is 11.6 Å². The molecule has 0 fully saturated rings. The Balaban J connectivity index is 2.18. The quantitative estimate of drug-likeness (QED) is 0.244. The van der Waals surface area contributed by atoms with Crippen molar-refractivity contribution in [1.29, 1.82) is 0 Å². The third kappa shape index (κ3) is 6.19. The normalized spacial score (nSPS) is 17.0. The lowest BCUT2D eigenvalue weighted by molar-refractivity contribution is -0.620. The van der Waals surface area contributed by atoms with Crippen molar-refractivity contribution in [3.8, 4) is 11.1 Å². The van der Waals surface area contributed by atoms with E-state index in [0.29, 0.717) is 15.9 Å². The summed E-state index contributed by atoms with van der Waals surface area (Å²) in [5.41, 5.74) is -3.02. The van der Waals surface area contributed by atoms with E-state index in [1.54, 1.807) is 54.5 Å². The van der Waals surface area contributed by atoms with E-state index in [1.807, 2.05) is 0 Å². The smallest absolute Gasteiger partial charge is 0.424 e. The number of anilines is 1. The highest BCUT2D eigenvalue weighted by Gasteiger charge is 2.52. The summed E-state index contributed by atoms with van der Waals surface area (Å²) in [6, 6.07) is 6.04. The molecule has 3 rings (SSSR count). The molecule has 38 heavy (non-hydrogen) atoms. The predicted molar refractivity (Wildman–Crippen MR) is 140 cm³/mol.